The molecular formula is C37H35FN6O4S. The molecule has 2 aliphatic heterocycles. The van der Waals surface area contributed by atoms with Crippen molar-refractivity contribution >= 4 is 38.0 Å². The lowest BCUT2D eigenvalue weighted by Crippen LogP contribution is -2.50. The molecule has 250 valence electrons. The number of aromatic amines is 1. The molecule has 4 heterocycles. The van der Waals surface area contributed by atoms with Gasteiger partial charge in [0.1, 0.15) is 10.6 Å². The molecule has 1 saturated heterocycles. The SMILES string of the molecule is CS(=O)(=O)[C@@]1(C(=O)Cc2ccc3[nH]nc(-c4ccc(F)cc4)c3c2)CCN(CC(=O)N2CC=C(c3ccc(-c4ncccn4)cc3)CC2)C1. The molecule has 0 radical (unpaired) electrons. The number of hydrogen-bond acceptors (Lipinski definition) is 8. The first-order valence-electron chi connectivity index (χ1n) is 16.1. The number of carbonyl (C=O) groups excluding carboxylic acids is 2. The molecule has 5 aromatic rings. The summed E-state index contributed by atoms with van der Waals surface area (Å²) in [5, 5.41) is 8.09. The van der Waals surface area contributed by atoms with Crippen molar-refractivity contribution < 1.29 is 22.4 Å². The number of fused-ring (bicyclic) bond motifs is 1. The number of amides is 1. The van der Waals surface area contributed by atoms with E-state index in [1.807, 2.05) is 30.3 Å². The molecule has 49 heavy (non-hydrogen) atoms. The van der Waals surface area contributed by atoms with Gasteiger partial charge in [-0.25, -0.2) is 22.8 Å². The zero-order chi connectivity index (χ0) is 34.2. The van der Waals surface area contributed by atoms with Crippen LogP contribution in [0.4, 0.5) is 4.39 Å². The minimum absolute atomic E-state index is 0.0302. The van der Waals surface area contributed by atoms with Crippen molar-refractivity contribution in [3.63, 3.8) is 0 Å². The largest absolute Gasteiger partial charge is 0.338 e. The van der Waals surface area contributed by atoms with Crippen LogP contribution in [-0.4, -0.2) is 93.8 Å². The molecule has 1 N–H and O–H groups in total. The van der Waals surface area contributed by atoms with Gasteiger partial charge in [0.15, 0.2) is 21.4 Å². The maximum absolute atomic E-state index is 13.9. The summed E-state index contributed by atoms with van der Waals surface area (Å²) < 4.78 is 38.4. The lowest BCUT2D eigenvalue weighted by atomic mass is 9.95. The molecule has 2 aliphatic rings. The normalized spacial score (nSPS) is 18.5. The van der Waals surface area contributed by atoms with Gasteiger partial charge in [0.05, 0.1) is 17.8 Å². The fraction of sp³-hybridized carbons (Fsp3) is 0.270. The van der Waals surface area contributed by atoms with Crippen LogP contribution in [0.15, 0.2) is 91.3 Å². The van der Waals surface area contributed by atoms with E-state index < -0.39 is 20.4 Å². The smallest absolute Gasteiger partial charge is 0.237 e. The van der Waals surface area contributed by atoms with Gasteiger partial charge in [0.25, 0.3) is 0 Å². The molecule has 12 heteroatoms. The second kappa shape index (κ2) is 13.1. The highest BCUT2D eigenvalue weighted by molar-refractivity contribution is 7.93. The van der Waals surface area contributed by atoms with E-state index in [-0.39, 0.29) is 37.7 Å². The van der Waals surface area contributed by atoms with Crippen molar-refractivity contribution in [2.45, 2.75) is 24.0 Å². The molecule has 0 bridgehead atoms. The molecule has 1 atom stereocenters. The summed E-state index contributed by atoms with van der Waals surface area (Å²) in [6.45, 7) is 1.35. The van der Waals surface area contributed by atoms with Crippen molar-refractivity contribution in [2.75, 3.05) is 39.0 Å². The summed E-state index contributed by atoms with van der Waals surface area (Å²) in [6, 6.07) is 21.2. The topological polar surface area (TPSA) is 129 Å². The zero-order valence-electron chi connectivity index (χ0n) is 27.0. The maximum Gasteiger partial charge on any atom is 0.237 e. The first kappa shape index (κ1) is 32.5. The number of nitrogens with one attached hydrogen (secondary N) is 1. The molecule has 0 saturated carbocycles. The number of benzene rings is 3. The van der Waals surface area contributed by atoms with E-state index >= 15 is 0 Å². The monoisotopic (exact) mass is 678 g/mol. The number of sulfone groups is 1. The summed E-state index contributed by atoms with van der Waals surface area (Å²) in [5.41, 5.74) is 5.90. The summed E-state index contributed by atoms with van der Waals surface area (Å²) >= 11 is 0. The Labute approximate surface area is 283 Å². The third-order valence-electron chi connectivity index (χ3n) is 9.64. The molecular weight excluding hydrogens is 644 g/mol. The van der Waals surface area contributed by atoms with Crippen LogP contribution in [0.5, 0.6) is 0 Å². The molecule has 1 fully saturated rings. The maximum atomic E-state index is 13.9. The predicted molar refractivity (Wildman–Crippen MR) is 185 cm³/mol. The molecule has 3 aromatic carbocycles. The van der Waals surface area contributed by atoms with E-state index in [1.165, 1.54) is 12.1 Å². The van der Waals surface area contributed by atoms with E-state index in [0.29, 0.717) is 48.7 Å². The minimum Gasteiger partial charge on any atom is -0.338 e. The second-order valence-corrected chi connectivity index (χ2v) is 15.1. The number of H-pyrrole nitrogens is 1. The fourth-order valence-corrected chi connectivity index (χ4v) is 8.17. The quantitative estimate of drug-likeness (QED) is 0.237. The number of aromatic nitrogens is 4. The Morgan fingerprint density at radius 2 is 1.65 bits per heavy atom. The fourth-order valence-electron chi connectivity index (χ4n) is 6.81. The Kier molecular flexibility index (Phi) is 8.68. The number of nitrogens with zero attached hydrogens (tertiary/aromatic N) is 5. The number of rotatable bonds is 9. The number of likely N-dealkylation sites (tertiary alicyclic amines) is 1. The third-order valence-corrected chi connectivity index (χ3v) is 11.6. The van der Waals surface area contributed by atoms with E-state index in [2.05, 4.69) is 26.2 Å². The van der Waals surface area contributed by atoms with Gasteiger partial charge in [0.2, 0.25) is 5.91 Å². The van der Waals surface area contributed by atoms with Crippen molar-refractivity contribution in [1.29, 1.82) is 0 Å². The third kappa shape index (κ3) is 6.53. The predicted octanol–water partition coefficient (Wildman–Crippen LogP) is 4.74. The Hall–Kier alpha value is -5.07. The standard InChI is InChI=1S/C37H35FN6O4S/c1-49(47,48)37(33(45)22-25-3-12-32-31(21-25)35(42-41-32)28-8-10-30(38)11-9-28)15-20-43(24-37)23-34(46)44-18-13-27(14-19-44)26-4-6-29(7-5-26)36-39-16-2-17-40-36/h2-13,16-17,21H,14-15,18-20,22-24H2,1H3,(H,41,42)/t37-/m0/s1. The van der Waals surface area contributed by atoms with Gasteiger partial charge in [-0.15, -0.1) is 0 Å². The number of Topliss-reactive ketones (excluding diaryl/α,β-unsaturated/α-hetero) is 1. The van der Waals surface area contributed by atoms with E-state index in [9.17, 15) is 22.4 Å². The molecule has 7 rings (SSSR count). The van der Waals surface area contributed by atoms with Gasteiger partial charge in [0, 0.05) is 67.8 Å². The number of ketones is 1. The van der Waals surface area contributed by atoms with Crippen LogP contribution in [-0.2, 0) is 25.8 Å². The average molecular weight is 679 g/mol. The Bertz CT molecular complexity index is 2170. The summed E-state index contributed by atoms with van der Waals surface area (Å²) in [4.78, 5) is 39.4. The first-order chi connectivity index (χ1) is 23.6. The average Bonchev–Trinajstić information content (AvgIpc) is 3.74. The van der Waals surface area contributed by atoms with Gasteiger partial charge in [-0.05, 0) is 72.0 Å². The summed E-state index contributed by atoms with van der Waals surface area (Å²) in [6.07, 6.45) is 7.33. The van der Waals surface area contributed by atoms with Crippen LogP contribution >= 0.6 is 0 Å². The van der Waals surface area contributed by atoms with Crippen molar-refractivity contribution in [3.05, 3.63) is 108 Å². The van der Waals surface area contributed by atoms with Crippen LogP contribution in [0.2, 0.25) is 0 Å². The lowest BCUT2D eigenvalue weighted by molar-refractivity contribution is -0.132. The van der Waals surface area contributed by atoms with Gasteiger partial charge in [-0.2, -0.15) is 5.10 Å². The van der Waals surface area contributed by atoms with Crippen LogP contribution in [0, 0.1) is 5.82 Å². The Morgan fingerprint density at radius 1 is 0.939 bits per heavy atom. The molecule has 10 nitrogen and oxygen atoms in total. The zero-order valence-corrected chi connectivity index (χ0v) is 27.8. The molecule has 1 amide bonds. The summed E-state index contributed by atoms with van der Waals surface area (Å²) in [5.74, 6) is -0.179. The Morgan fingerprint density at radius 3 is 2.35 bits per heavy atom. The molecule has 2 aromatic heterocycles. The van der Waals surface area contributed by atoms with Crippen molar-refractivity contribution in [2.24, 2.45) is 0 Å². The first-order valence-corrected chi connectivity index (χ1v) is 18.0. The Balaban J connectivity index is 1.00. The van der Waals surface area contributed by atoms with Crippen molar-refractivity contribution in [1.82, 2.24) is 30.0 Å². The number of carbonyl (C=O) groups is 2. The number of hydrogen-bond donors (Lipinski definition) is 1. The van der Waals surface area contributed by atoms with Gasteiger partial charge in [-0.3, -0.25) is 19.6 Å². The lowest BCUT2D eigenvalue weighted by Gasteiger charge is -2.29. The van der Waals surface area contributed by atoms with Gasteiger partial charge in [-0.1, -0.05) is 36.4 Å². The molecule has 0 unspecified atom stereocenters. The van der Waals surface area contributed by atoms with Gasteiger partial charge >= 0.3 is 0 Å². The minimum atomic E-state index is -3.81. The van der Waals surface area contributed by atoms with Gasteiger partial charge < -0.3 is 4.90 Å². The van der Waals surface area contributed by atoms with Crippen LogP contribution in [0.3, 0.4) is 0 Å². The second-order valence-electron chi connectivity index (χ2n) is 12.8. The van der Waals surface area contributed by atoms with Crippen LogP contribution < -0.4 is 0 Å². The van der Waals surface area contributed by atoms with Crippen LogP contribution in [0.25, 0.3) is 39.1 Å². The van der Waals surface area contributed by atoms with E-state index in [1.54, 1.807) is 52.5 Å². The number of halogens is 1. The highest BCUT2D eigenvalue weighted by atomic mass is 32.2. The highest BCUT2D eigenvalue weighted by Crippen LogP contribution is 2.34. The van der Waals surface area contributed by atoms with Crippen molar-refractivity contribution in [3.8, 4) is 22.6 Å². The molecule has 0 aliphatic carbocycles. The highest BCUT2D eigenvalue weighted by Gasteiger charge is 2.52. The van der Waals surface area contributed by atoms with Crippen LogP contribution in [0.1, 0.15) is 24.0 Å². The van der Waals surface area contributed by atoms with E-state index in [0.717, 1.165) is 33.9 Å². The molecule has 0 spiro atoms. The van der Waals surface area contributed by atoms with E-state index in [4.69, 9.17) is 0 Å². The summed E-state index contributed by atoms with van der Waals surface area (Å²) in [7, 11) is -3.81.